The number of aromatic nitrogens is 1. The van der Waals surface area contributed by atoms with E-state index >= 15 is 0 Å². The third kappa shape index (κ3) is 1.66. The van der Waals surface area contributed by atoms with E-state index in [1.54, 1.807) is 6.21 Å². The summed E-state index contributed by atoms with van der Waals surface area (Å²) >= 11 is 6.28. The van der Waals surface area contributed by atoms with Crippen LogP contribution in [0.5, 0.6) is 5.88 Å². The van der Waals surface area contributed by atoms with Crippen LogP contribution in [0.1, 0.15) is 10.4 Å². The van der Waals surface area contributed by atoms with E-state index in [9.17, 15) is 5.11 Å². The quantitative estimate of drug-likeness (QED) is 0.621. The van der Waals surface area contributed by atoms with Crippen LogP contribution in [0.25, 0.3) is 11.6 Å². The van der Waals surface area contributed by atoms with Gasteiger partial charge in [0.05, 0.1) is 10.6 Å². The van der Waals surface area contributed by atoms with Crippen LogP contribution in [0.4, 0.5) is 5.69 Å². The van der Waals surface area contributed by atoms with Crippen LogP contribution in [-0.2, 0) is 0 Å². The van der Waals surface area contributed by atoms with E-state index in [0.717, 1.165) is 21.5 Å². The van der Waals surface area contributed by atoms with Crippen molar-refractivity contribution in [3.05, 3.63) is 38.7 Å². The van der Waals surface area contributed by atoms with Gasteiger partial charge in [-0.15, -0.1) is 0 Å². The van der Waals surface area contributed by atoms with Gasteiger partial charge in [0.1, 0.15) is 0 Å². The first-order valence-corrected chi connectivity index (χ1v) is 6.44. The van der Waals surface area contributed by atoms with Crippen LogP contribution in [0.2, 0.25) is 0 Å². The molecule has 0 saturated heterocycles. The number of allylic oxidation sites excluding steroid dienone is 1. The average Bonchev–Trinajstić information content (AvgIpc) is 2.89. The number of aromatic hydroxyl groups is 1. The Hall–Kier alpha value is -1.92. The zero-order chi connectivity index (χ0) is 12.7. The molecule has 4 nitrogen and oxygen atoms in total. The predicted octanol–water partition coefficient (Wildman–Crippen LogP) is 2.95. The van der Waals surface area contributed by atoms with E-state index in [1.165, 1.54) is 11.3 Å². The largest absolute Gasteiger partial charge is 0.492 e. The summed E-state index contributed by atoms with van der Waals surface area (Å²) in [5.74, 6) is 5.56. The van der Waals surface area contributed by atoms with Gasteiger partial charge in [-0.2, -0.15) is 0 Å². The molecule has 0 fully saturated rings. The van der Waals surface area contributed by atoms with Gasteiger partial charge in [0.2, 0.25) is 5.88 Å². The van der Waals surface area contributed by atoms with Gasteiger partial charge in [0.25, 0.3) is 0 Å². The van der Waals surface area contributed by atoms with Gasteiger partial charge < -0.3 is 10.9 Å². The number of nitrogens with zero attached hydrogens (tertiary/aromatic N) is 2. The molecule has 0 saturated carbocycles. The van der Waals surface area contributed by atoms with E-state index in [1.807, 2.05) is 30.3 Å². The summed E-state index contributed by atoms with van der Waals surface area (Å²) in [6.45, 7) is 0. The van der Waals surface area contributed by atoms with Crippen LogP contribution in [0, 0.1) is 3.95 Å². The van der Waals surface area contributed by atoms with Crippen molar-refractivity contribution in [3.8, 4) is 5.88 Å². The molecule has 0 spiro atoms. The van der Waals surface area contributed by atoms with Crippen molar-refractivity contribution < 1.29 is 5.11 Å². The van der Waals surface area contributed by atoms with Crippen LogP contribution in [-0.4, -0.2) is 16.0 Å². The van der Waals surface area contributed by atoms with Gasteiger partial charge >= 0.3 is 0 Å². The third-order valence-electron chi connectivity index (χ3n) is 2.69. The molecule has 0 amide bonds. The molecule has 0 radical (unpaired) electrons. The molecule has 6 heteroatoms. The van der Waals surface area contributed by atoms with Crippen molar-refractivity contribution in [1.82, 2.24) is 4.68 Å². The van der Waals surface area contributed by atoms with E-state index in [4.69, 9.17) is 18.1 Å². The summed E-state index contributed by atoms with van der Waals surface area (Å²) in [7, 11) is 0. The van der Waals surface area contributed by atoms with E-state index in [2.05, 4.69) is 4.99 Å². The summed E-state index contributed by atoms with van der Waals surface area (Å²) < 4.78 is 1.53. The molecule has 1 aliphatic heterocycles. The lowest BCUT2D eigenvalue weighted by Crippen LogP contribution is -2.06. The zero-order valence-corrected chi connectivity index (χ0v) is 10.8. The lowest BCUT2D eigenvalue weighted by molar-refractivity contribution is 0.436. The van der Waals surface area contributed by atoms with Crippen molar-refractivity contribution in [1.29, 1.82) is 0 Å². The minimum absolute atomic E-state index is 0.0183. The maximum absolute atomic E-state index is 9.82. The zero-order valence-electron chi connectivity index (χ0n) is 9.20. The average molecular weight is 275 g/mol. The lowest BCUT2D eigenvalue weighted by Gasteiger charge is -1.98. The first-order chi connectivity index (χ1) is 8.66. The Morgan fingerprint density at radius 1 is 1.39 bits per heavy atom. The normalized spacial score (nSPS) is 15.2. The highest BCUT2D eigenvalue weighted by Gasteiger charge is 2.14. The van der Waals surface area contributed by atoms with Crippen molar-refractivity contribution in [2.45, 2.75) is 0 Å². The Bertz CT molecular complexity index is 740. The van der Waals surface area contributed by atoms with E-state index in [0.29, 0.717) is 8.83 Å². The molecule has 0 unspecified atom stereocenters. The Balaban J connectivity index is 2.12. The standard InChI is InChI=1S/C12H9N3OS2/c13-15-11(16)10(18-12(15)17)5-7-6-14-9-4-2-1-3-8(7)9/h1-6,16H,13H2/b7-5+. The highest BCUT2D eigenvalue weighted by atomic mass is 32.1. The topological polar surface area (TPSA) is 63.5 Å². The molecule has 18 heavy (non-hydrogen) atoms. The number of benzene rings is 1. The molecule has 2 aromatic rings. The molecule has 3 rings (SSSR count). The molecular formula is C12H9N3OS2. The van der Waals surface area contributed by atoms with E-state index < -0.39 is 0 Å². The van der Waals surface area contributed by atoms with Gasteiger partial charge in [-0.05, 0) is 24.4 Å². The first-order valence-electron chi connectivity index (χ1n) is 5.22. The Morgan fingerprint density at radius 2 is 2.17 bits per heavy atom. The van der Waals surface area contributed by atoms with Gasteiger partial charge in [-0.1, -0.05) is 29.5 Å². The SMILES string of the molecule is Nn1c(O)c(/C=C2\C=Nc3ccccc32)sc1=S. The van der Waals surface area contributed by atoms with Crippen LogP contribution in [0.15, 0.2) is 29.3 Å². The second-order valence-electron chi connectivity index (χ2n) is 3.80. The Kier molecular flexibility index (Phi) is 2.53. The number of para-hydroxylation sites is 1. The fourth-order valence-electron chi connectivity index (χ4n) is 1.78. The molecule has 0 aliphatic carbocycles. The molecule has 3 N–H and O–H groups in total. The molecule has 1 aromatic carbocycles. The smallest absolute Gasteiger partial charge is 0.229 e. The van der Waals surface area contributed by atoms with Crippen molar-refractivity contribution in [2.24, 2.45) is 4.99 Å². The number of aliphatic imine (C=N–C) groups is 1. The maximum atomic E-state index is 9.82. The molecular weight excluding hydrogens is 266 g/mol. The fraction of sp³-hybridized carbons (Fsp3) is 0. The summed E-state index contributed by atoms with van der Waals surface area (Å²) in [5, 5.41) is 9.82. The van der Waals surface area contributed by atoms with E-state index in [-0.39, 0.29) is 5.88 Å². The second-order valence-corrected chi connectivity index (χ2v) is 5.48. The number of thiazole rings is 1. The van der Waals surface area contributed by atoms with Crippen molar-refractivity contribution in [2.75, 3.05) is 5.84 Å². The summed E-state index contributed by atoms with van der Waals surface area (Å²) in [5.41, 5.74) is 2.91. The molecule has 2 heterocycles. The maximum Gasteiger partial charge on any atom is 0.229 e. The van der Waals surface area contributed by atoms with Crippen molar-refractivity contribution >= 4 is 47.1 Å². The minimum Gasteiger partial charge on any atom is -0.492 e. The minimum atomic E-state index is -0.0183. The van der Waals surface area contributed by atoms with Gasteiger partial charge in [-0.25, -0.2) is 4.68 Å². The predicted molar refractivity (Wildman–Crippen MR) is 77.4 cm³/mol. The van der Waals surface area contributed by atoms with Crippen LogP contribution in [0.3, 0.4) is 0 Å². The molecule has 0 bridgehead atoms. The molecule has 90 valence electrons. The van der Waals surface area contributed by atoms with Crippen LogP contribution >= 0.6 is 23.6 Å². The summed E-state index contributed by atoms with van der Waals surface area (Å²) in [4.78, 5) is 4.94. The van der Waals surface area contributed by atoms with Crippen molar-refractivity contribution in [3.63, 3.8) is 0 Å². The van der Waals surface area contributed by atoms with Gasteiger partial charge in [0, 0.05) is 17.4 Å². The number of hydrogen-bond donors (Lipinski definition) is 2. The third-order valence-corrected chi connectivity index (χ3v) is 4.03. The highest BCUT2D eigenvalue weighted by molar-refractivity contribution is 7.73. The fourth-order valence-corrected chi connectivity index (χ4v) is 2.89. The number of hydrogen-bond acceptors (Lipinski definition) is 5. The molecule has 1 aromatic heterocycles. The van der Waals surface area contributed by atoms with Gasteiger partial charge in [-0.3, -0.25) is 4.99 Å². The highest BCUT2D eigenvalue weighted by Crippen LogP contribution is 2.34. The molecule has 0 atom stereocenters. The number of nitrogens with two attached hydrogens (primary N) is 1. The first kappa shape index (κ1) is 11.2. The number of nitrogen functional groups attached to an aromatic ring is 1. The summed E-state index contributed by atoms with van der Waals surface area (Å²) in [6, 6.07) is 7.83. The Morgan fingerprint density at radius 3 is 2.89 bits per heavy atom. The monoisotopic (exact) mass is 275 g/mol. The number of fused-ring (bicyclic) bond motifs is 1. The Labute approximate surface area is 112 Å². The second kappa shape index (κ2) is 4.08. The summed E-state index contributed by atoms with van der Waals surface area (Å²) in [6.07, 6.45) is 3.61. The van der Waals surface area contributed by atoms with Gasteiger partial charge in [0.15, 0.2) is 3.95 Å². The molecule has 1 aliphatic rings. The van der Waals surface area contributed by atoms with Crippen LogP contribution < -0.4 is 5.84 Å². The lowest BCUT2D eigenvalue weighted by atomic mass is 10.1. The number of rotatable bonds is 1.